The van der Waals surface area contributed by atoms with Crippen molar-refractivity contribution in [2.45, 2.75) is 51.1 Å². The monoisotopic (exact) mass is 337 g/mol. The molecule has 0 aliphatic carbocycles. The summed E-state index contributed by atoms with van der Waals surface area (Å²) in [5.41, 5.74) is 0.923. The minimum atomic E-state index is -0.164. The molecular formula is C18H24ClNO3. The maximum atomic E-state index is 13.3. The lowest BCUT2D eigenvalue weighted by Gasteiger charge is -2.40. The first-order valence-corrected chi connectivity index (χ1v) is 8.78. The van der Waals surface area contributed by atoms with Crippen LogP contribution in [-0.2, 0) is 9.53 Å². The second-order valence-electron chi connectivity index (χ2n) is 6.55. The van der Waals surface area contributed by atoms with E-state index in [2.05, 4.69) is 18.7 Å². The molecular weight excluding hydrogens is 314 g/mol. The maximum Gasteiger partial charge on any atom is 0.230 e. The van der Waals surface area contributed by atoms with Gasteiger partial charge in [-0.05, 0) is 51.3 Å². The smallest absolute Gasteiger partial charge is 0.230 e. The van der Waals surface area contributed by atoms with Crippen molar-refractivity contribution in [1.82, 2.24) is 4.90 Å². The van der Waals surface area contributed by atoms with Gasteiger partial charge in [0.05, 0.1) is 12.5 Å². The Morgan fingerprint density at radius 3 is 2.65 bits per heavy atom. The SMILES string of the molecule is CC(C)N(C(=O)[C@@H]1CCOc2ccc(Cl)cc21)C1CCOCC1. The second-order valence-corrected chi connectivity index (χ2v) is 6.99. The quantitative estimate of drug-likeness (QED) is 0.845. The van der Waals surface area contributed by atoms with Gasteiger partial charge in [-0.15, -0.1) is 0 Å². The van der Waals surface area contributed by atoms with Gasteiger partial charge >= 0.3 is 0 Å². The van der Waals surface area contributed by atoms with Gasteiger partial charge in [-0.2, -0.15) is 0 Å². The van der Waals surface area contributed by atoms with Crippen LogP contribution in [0.4, 0.5) is 0 Å². The third-order valence-electron chi connectivity index (χ3n) is 4.70. The molecule has 126 valence electrons. The topological polar surface area (TPSA) is 38.8 Å². The van der Waals surface area contributed by atoms with Crippen molar-refractivity contribution in [2.24, 2.45) is 0 Å². The van der Waals surface area contributed by atoms with Gasteiger partial charge in [0.2, 0.25) is 5.91 Å². The summed E-state index contributed by atoms with van der Waals surface area (Å²) >= 11 is 6.14. The van der Waals surface area contributed by atoms with E-state index in [1.165, 1.54) is 0 Å². The molecule has 1 aromatic rings. The molecule has 23 heavy (non-hydrogen) atoms. The van der Waals surface area contributed by atoms with E-state index >= 15 is 0 Å². The zero-order chi connectivity index (χ0) is 16.4. The third-order valence-corrected chi connectivity index (χ3v) is 4.94. The minimum Gasteiger partial charge on any atom is -0.493 e. The van der Waals surface area contributed by atoms with Crippen molar-refractivity contribution in [1.29, 1.82) is 0 Å². The molecule has 2 aliphatic heterocycles. The number of ether oxygens (including phenoxy) is 2. The fourth-order valence-electron chi connectivity index (χ4n) is 3.62. The molecule has 0 bridgehead atoms. The minimum absolute atomic E-state index is 0.164. The summed E-state index contributed by atoms with van der Waals surface area (Å²) in [6, 6.07) is 6.00. The average Bonchev–Trinajstić information content (AvgIpc) is 2.55. The number of hydrogen-bond acceptors (Lipinski definition) is 3. The molecule has 2 heterocycles. The molecule has 1 aromatic carbocycles. The summed E-state index contributed by atoms with van der Waals surface area (Å²) in [5, 5.41) is 0.647. The Kier molecular flexibility index (Phi) is 5.12. The van der Waals surface area contributed by atoms with E-state index in [4.69, 9.17) is 21.1 Å². The number of amides is 1. The van der Waals surface area contributed by atoms with Gasteiger partial charge in [0.1, 0.15) is 5.75 Å². The predicted octanol–water partition coefficient (Wildman–Crippen LogP) is 3.62. The molecule has 2 aliphatic rings. The van der Waals surface area contributed by atoms with Crippen LogP contribution in [0, 0.1) is 0 Å². The Bertz CT molecular complexity index is 569. The van der Waals surface area contributed by atoms with Crippen molar-refractivity contribution < 1.29 is 14.3 Å². The van der Waals surface area contributed by atoms with Crippen LogP contribution in [0.15, 0.2) is 18.2 Å². The largest absolute Gasteiger partial charge is 0.493 e. The lowest BCUT2D eigenvalue weighted by molar-refractivity contribution is -0.140. The van der Waals surface area contributed by atoms with Gasteiger partial charge in [-0.3, -0.25) is 4.79 Å². The molecule has 0 radical (unpaired) electrons. The standard InChI is InChI=1S/C18H24ClNO3/c1-12(2)20(14-5-8-22-9-6-14)18(21)15-7-10-23-17-4-3-13(19)11-16(15)17/h3-4,11-12,14-15H,5-10H2,1-2H3/t15-/m1/s1. The van der Waals surface area contributed by atoms with Crippen LogP contribution in [-0.4, -0.2) is 42.7 Å². The summed E-state index contributed by atoms with van der Waals surface area (Å²) in [4.78, 5) is 15.4. The van der Waals surface area contributed by atoms with Crippen LogP contribution in [0.5, 0.6) is 5.75 Å². The summed E-state index contributed by atoms with van der Waals surface area (Å²) < 4.78 is 11.1. The molecule has 5 heteroatoms. The number of fused-ring (bicyclic) bond motifs is 1. The van der Waals surface area contributed by atoms with Crippen LogP contribution in [0.2, 0.25) is 5.02 Å². The molecule has 1 amide bonds. The molecule has 0 aromatic heterocycles. The Labute approximate surface area is 142 Å². The highest BCUT2D eigenvalue weighted by atomic mass is 35.5. The predicted molar refractivity (Wildman–Crippen MR) is 90.1 cm³/mol. The number of rotatable bonds is 3. The highest BCUT2D eigenvalue weighted by molar-refractivity contribution is 6.30. The third kappa shape index (κ3) is 3.48. The Morgan fingerprint density at radius 2 is 1.96 bits per heavy atom. The fraction of sp³-hybridized carbons (Fsp3) is 0.611. The number of carbonyl (C=O) groups is 1. The Balaban J connectivity index is 1.88. The van der Waals surface area contributed by atoms with E-state index in [-0.39, 0.29) is 23.9 Å². The second kappa shape index (κ2) is 7.10. The summed E-state index contributed by atoms with van der Waals surface area (Å²) in [6.45, 7) is 6.22. The number of nitrogens with zero attached hydrogens (tertiary/aromatic N) is 1. The van der Waals surface area contributed by atoms with E-state index < -0.39 is 0 Å². The van der Waals surface area contributed by atoms with Gasteiger partial charge < -0.3 is 14.4 Å². The zero-order valence-electron chi connectivity index (χ0n) is 13.8. The molecule has 0 N–H and O–H groups in total. The van der Waals surface area contributed by atoms with Crippen LogP contribution in [0.1, 0.15) is 44.6 Å². The van der Waals surface area contributed by atoms with Crippen LogP contribution in [0.3, 0.4) is 0 Å². The molecule has 0 unspecified atom stereocenters. The van der Waals surface area contributed by atoms with E-state index in [9.17, 15) is 4.79 Å². The fourth-order valence-corrected chi connectivity index (χ4v) is 3.80. The first-order valence-electron chi connectivity index (χ1n) is 8.40. The van der Waals surface area contributed by atoms with Gasteiger partial charge in [-0.1, -0.05) is 11.6 Å². The van der Waals surface area contributed by atoms with E-state index in [1.807, 2.05) is 18.2 Å². The van der Waals surface area contributed by atoms with Gasteiger partial charge in [0.25, 0.3) is 0 Å². The van der Waals surface area contributed by atoms with Crippen LogP contribution in [0.25, 0.3) is 0 Å². The molecule has 0 spiro atoms. The van der Waals surface area contributed by atoms with Crippen molar-refractivity contribution in [2.75, 3.05) is 19.8 Å². The van der Waals surface area contributed by atoms with Crippen molar-refractivity contribution >= 4 is 17.5 Å². The molecule has 1 fully saturated rings. The Morgan fingerprint density at radius 1 is 1.22 bits per heavy atom. The van der Waals surface area contributed by atoms with Crippen molar-refractivity contribution in [3.8, 4) is 5.75 Å². The van der Waals surface area contributed by atoms with Crippen molar-refractivity contribution in [3.05, 3.63) is 28.8 Å². The lowest BCUT2D eigenvalue weighted by Crippen LogP contribution is -2.49. The highest BCUT2D eigenvalue weighted by Crippen LogP contribution is 2.37. The summed E-state index contributed by atoms with van der Waals surface area (Å²) in [6.07, 6.45) is 2.53. The molecule has 1 saturated heterocycles. The first-order chi connectivity index (χ1) is 11.1. The number of halogens is 1. The highest BCUT2D eigenvalue weighted by Gasteiger charge is 2.36. The number of carbonyl (C=O) groups excluding carboxylic acids is 1. The van der Waals surface area contributed by atoms with E-state index in [0.717, 1.165) is 37.4 Å². The average molecular weight is 338 g/mol. The number of hydrogen-bond donors (Lipinski definition) is 0. The summed E-state index contributed by atoms with van der Waals surface area (Å²) in [5.74, 6) is 0.816. The van der Waals surface area contributed by atoms with Crippen molar-refractivity contribution in [3.63, 3.8) is 0 Å². The molecule has 1 atom stereocenters. The Hall–Kier alpha value is -1.26. The molecule has 4 nitrogen and oxygen atoms in total. The van der Waals surface area contributed by atoms with Gasteiger partial charge in [0, 0.05) is 35.9 Å². The van der Waals surface area contributed by atoms with Gasteiger partial charge in [-0.25, -0.2) is 0 Å². The van der Waals surface area contributed by atoms with E-state index in [0.29, 0.717) is 18.1 Å². The van der Waals surface area contributed by atoms with Gasteiger partial charge in [0.15, 0.2) is 0 Å². The molecule has 0 saturated carbocycles. The van der Waals surface area contributed by atoms with Crippen LogP contribution >= 0.6 is 11.6 Å². The van der Waals surface area contributed by atoms with Crippen LogP contribution < -0.4 is 4.74 Å². The molecule has 3 rings (SSSR count). The first kappa shape index (κ1) is 16.6. The maximum absolute atomic E-state index is 13.3. The zero-order valence-corrected chi connectivity index (χ0v) is 14.5. The summed E-state index contributed by atoms with van der Waals surface area (Å²) in [7, 11) is 0. The number of benzene rings is 1. The normalized spacial score (nSPS) is 21.7. The lowest BCUT2D eigenvalue weighted by atomic mass is 9.90. The van der Waals surface area contributed by atoms with E-state index in [1.54, 1.807) is 0 Å².